The zero-order valence-corrected chi connectivity index (χ0v) is 12.0. The van der Waals surface area contributed by atoms with Crippen LogP contribution in [0.2, 0.25) is 0 Å². The molecule has 98 valence electrons. The van der Waals surface area contributed by atoms with Gasteiger partial charge in [0.15, 0.2) is 0 Å². The third kappa shape index (κ3) is 3.40. The van der Waals surface area contributed by atoms with E-state index in [2.05, 4.69) is 15.9 Å². The lowest BCUT2D eigenvalue weighted by Crippen LogP contribution is -2.24. The minimum absolute atomic E-state index is 0.141. The summed E-state index contributed by atoms with van der Waals surface area (Å²) >= 11 is 3.24. The Morgan fingerprint density at radius 3 is 2.22 bits per heavy atom. The molecule has 0 bridgehead atoms. The molecule has 1 aromatic rings. The van der Waals surface area contributed by atoms with E-state index in [9.17, 15) is 13.2 Å². The van der Waals surface area contributed by atoms with Crippen molar-refractivity contribution in [1.82, 2.24) is 0 Å². The van der Waals surface area contributed by atoms with Crippen LogP contribution in [0, 0.1) is 0 Å². The summed E-state index contributed by atoms with van der Waals surface area (Å²) in [7, 11) is -3.73. The van der Waals surface area contributed by atoms with Crippen LogP contribution < -0.4 is 0 Å². The summed E-state index contributed by atoms with van der Waals surface area (Å²) in [5.41, 5.74) is 0. The molecular formula is C12H13BrO4S. The molecule has 0 aliphatic heterocycles. The summed E-state index contributed by atoms with van der Waals surface area (Å²) < 4.78 is 29.9. The molecular weight excluding hydrogens is 320 g/mol. The van der Waals surface area contributed by atoms with Gasteiger partial charge in [0.05, 0.1) is 11.0 Å². The van der Waals surface area contributed by atoms with Crippen molar-refractivity contribution in [2.75, 3.05) is 0 Å². The predicted molar refractivity (Wildman–Crippen MR) is 69.7 cm³/mol. The van der Waals surface area contributed by atoms with Crippen LogP contribution in [-0.2, 0) is 19.1 Å². The van der Waals surface area contributed by atoms with Crippen LogP contribution in [-0.4, -0.2) is 20.3 Å². The Balaban J connectivity index is 2.07. The van der Waals surface area contributed by atoms with Crippen molar-refractivity contribution in [2.45, 2.75) is 36.7 Å². The van der Waals surface area contributed by atoms with Crippen molar-refractivity contribution in [3.63, 3.8) is 0 Å². The predicted octanol–water partition coefficient (Wildman–Crippen LogP) is 2.67. The maximum Gasteiger partial charge on any atom is 0.297 e. The highest BCUT2D eigenvalue weighted by molar-refractivity contribution is 9.10. The minimum Gasteiger partial charge on any atom is -0.300 e. The molecule has 4 nitrogen and oxygen atoms in total. The topological polar surface area (TPSA) is 60.4 Å². The number of benzene rings is 1. The summed E-state index contributed by atoms with van der Waals surface area (Å²) in [6.07, 6.45) is 1.39. The number of rotatable bonds is 3. The molecule has 0 radical (unpaired) electrons. The molecule has 1 aliphatic rings. The van der Waals surface area contributed by atoms with E-state index in [1.54, 1.807) is 12.1 Å². The van der Waals surface area contributed by atoms with E-state index in [4.69, 9.17) is 4.18 Å². The van der Waals surface area contributed by atoms with Crippen molar-refractivity contribution in [3.8, 4) is 0 Å². The van der Waals surface area contributed by atoms with Crippen molar-refractivity contribution >= 4 is 31.8 Å². The monoisotopic (exact) mass is 332 g/mol. The molecule has 0 unspecified atom stereocenters. The van der Waals surface area contributed by atoms with E-state index in [1.165, 1.54) is 12.1 Å². The average Bonchev–Trinajstić information content (AvgIpc) is 2.32. The Bertz CT molecular complexity index is 526. The first-order chi connectivity index (χ1) is 8.47. The number of Topliss-reactive ketones (excluding diaryl/α,β-unsaturated/α-hetero) is 1. The molecule has 6 heteroatoms. The molecule has 0 spiro atoms. The van der Waals surface area contributed by atoms with Crippen molar-refractivity contribution in [1.29, 1.82) is 0 Å². The number of ketones is 1. The number of halogens is 1. The lowest BCUT2D eigenvalue weighted by Gasteiger charge is -2.20. The molecule has 18 heavy (non-hydrogen) atoms. The Morgan fingerprint density at radius 1 is 1.11 bits per heavy atom. The van der Waals surface area contributed by atoms with Crippen LogP contribution in [0.3, 0.4) is 0 Å². The SMILES string of the molecule is O=C1CCC(OS(=O)(=O)c2ccc(Br)cc2)CC1. The summed E-state index contributed by atoms with van der Waals surface area (Å²) in [4.78, 5) is 11.2. The van der Waals surface area contributed by atoms with E-state index in [0.717, 1.165) is 4.47 Å². The summed E-state index contributed by atoms with van der Waals surface area (Å²) in [6.45, 7) is 0. The number of hydrogen-bond donors (Lipinski definition) is 0. The fourth-order valence-corrected chi connectivity index (χ4v) is 3.24. The van der Waals surface area contributed by atoms with Crippen LogP contribution in [0.5, 0.6) is 0 Å². The fourth-order valence-electron chi connectivity index (χ4n) is 1.85. The Hall–Kier alpha value is -0.720. The van der Waals surface area contributed by atoms with Gasteiger partial charge >= 0.3 is 0 Å². The van der Waals surface area contributed by atoms with E-state index in [1.807, 2.05) is 0 Å². The van der Waals surface area contributed by atoms with Gasteiger partial charge in [0.2, 0.25) is 0 Å². The molecule has 1 aromatic carbocycles. The van der Waals surface area contributed by atoms with Gasteiger partial charge in [-0.2, -0.15) is 8.42 Å². The fraction of sp³-hybridized carbons (Fsp3) is 0.417. The standard InChI is InChI=1S/C12H13BrO4S/c13-9-1-7-12(8-2-9)18(15,16)17-11-5-3-10(14)4-6-11/h1-2,7-8,11H,3-6H2. The zero-order valence-electron chi connectivity index (χ0n) is 9.63. The summed E-state index contributed by atoms with van der Waals surface area (Å²) in [6, 6.07) is 6.29. The second kappa shape index (κ2) is 5.50. The first-order valence-corrected chi connectivity index (χ1v) is 7.88. The van der Waals surface area contributed by atoms with E-state index in [0.29, 0.717) is 25.7 Å². The summed E-state index contributed by atoms with van der Waals surface area (Å²) in [5, 5.41) is 0. The van der Waals surface area contributed by atoms with Crippen molar-refractivity contribution < 1.29 is 17.4 Å². The lowest BCUT2D eigenvalue weighted by atomic mass is 9.97. The molecule has 0 N–H and O–H groups in total. The van der Waals surface area contributed by atoms with E-state index >= 15 is 0 Å². The molecule has 2 rings (SSSR count). The Morgan fingerprint density at radius 2 is 1.67 bits per heavy atom. The number of carbonyl (C=O) groups is 1. The van der Waals surface area contributed by atoms with Gasteiger partial charge in [-0.3, -0.25) is 8.98 Å². The molecule has 0 heterocycles. The second-order valence-electron chi connectivity index (χ2n) is 4.24. The maximum atomic E-state index is 12.0. The number of carbonyl (C=O) groups excluding carboxylic acids is 1. The van der Waals surface area contributed by atoms with E-state index in [-0.39, 0.29) is 16.8 Å². The van der Waals surface area contributed by atoms with Crippen molar-refractivity contribution in [2.24, 2.45) is 0 Å². The lowest BCUT2D eigenvalue weighted by molar-refractivity contribution is -0.121. The van der Waals surface area contributed by atoms with Gasteiger partial charge in [-0.25, -0.2) is 0 Å². The van der Waals surface area contributed by atoms with Gasteiger partial charge in [-0.1, -0.05) is 15.9 Å². The van der Waals surface area contributed by atoms with Crippen LogP contribution in [0.4, 0.5) is 0 Å². The van der Waals surface area contributed by atoms with Crippen LogP contribution in [0.1, 0.15) is 25.7 Å². The quantitative estimate of drug-likeness (QED) is 0.798. The van der Waals surface area contributed by atoms with Gasteiger partial charge in [-0.05, 0) is 37.1 Å². The molecule has 0 amide bonds. The third-order valence-corrected chi connectivity index (χ3v) is 4.76. The van der Waals surface area contributed by atoms with Gasteiger partial charge in [0.1, 0.15) is 5.78 Å². The molecule has 1 saturated carbocycles. The smallest absolute Gasteiger partial charge is 0.297 e. The van der Waals surface area contributed by atoms with Gasteiger partial charge in [0, 0.05) is 17.3 Å². The van der Waals surface area contributed by atoms with Crippen LogP contribution >= 0.6 is 15.9 Å². The molecule has 0 atom stereocenters. The first-order valence-electron chi connectivity index (χ1n) is 5.68. The van der Waals surface area contributed by atoms with Gasteiger partial charge in [-0.15, -0.1) is 0 Å². The van der Waals surface area contributed by atoms with E-state index < -0.39 is 10.1 Å². The van der Waals surface area contributed by atoms with Gasteiger partial charge in [0.25, 0.3) is 10.1 Å². The molecule has 0 aromatic heterocycles. The zero-order chi connectivity index (χ0) is 13.2. The highest BCUT2D eigenvalue weighted by atomic mass is 79.9. The Kier molecular flexibility index (Phi) is 4.19. The molecule has 1 fully saturated rings. The second-order valence-corrected chi connectivity index (χ2v) is 6.73. The maximum absolute atomic E-state index is 12.0. The summed E-state index contributed by atoms with van der Waals surface area (Å²) in [5.74, 6) is 0.177. The molecule has 0 saturated heterocycles. The average molecular weight is 333 g/mol. The van der Waals surface area contributed by atoms with Gasteiger partial charge < -0.3 is 0 Å². The molecule has 1 aliphatic carbocycles. The first kappa shape index (κ1) is 13.7. The largest absolute Gasteiger partial charge is 0.300 e. The van der Waals surface area contributed by atoms with Crippen LogP contribution in [0.25, 0.3) is 0 Å². The minimum atomic E-state index is -3.73. The highest BCUT2D eigenvalue weighted by Gasteiger charge is 2.25. The third-order valence-electron chi connectivity index (χ3n) is 2.86. The highest BCUT2D eigenvalue weighted by Crippen LogP contribution is 2.24. The van der Waals surface area contributed by atoms with Crippen LogP contribution in [0.15, 0.2) is 33.6 Å². The van der Waals surface area contributed by atoms with Crippen molar-refractivity contribution in [3.05, 3.63) is 28.7 Å². The normalized spacial score (nSPS) is 17.9. The Labute approximate surface area is 115 Å². The number of hydrogen-bond acceptors (Lipinski definition) is 4.